The fourth-order valence-corrected chi connectivity index (χ4v) is 4.44. The van der Waals surface area contributed by atoms with Crippen LogP contribution in [-0.2, 0) is 10.2 Å². The summed E-state index contributed by atoms with van der Waals surface area (Å²) in [5.74, 6) is 1.01. The highest BCUT2D eigenvalue weighted by atomic mass is 16.5. The Labute approximate surface area is 176 Å². The Balaban J connectivity index is 0.000000458. The van der Waals surface area contributed by atoms with Gasteiger partial charge in [-0.05, 0) is 75.7 Å². The molecular weight excluding hydrogens is 362 g/mol. The van der Waals surface area contributed by atoms with Gasteiger partial charge in [-0.25, -0.2) is 0 Å². The summed E-state index contributed by atoms with van der Waals surface area (Å²) in [5.41, 5.74) is 6.97. The molecule has 3 aliphatic heterocycles. The number of hydrogen-bond donors (Lipinski definition) is 1. The van der Waals surface area contributed by atoms with Gasteiger partial charge in [-0.1, -0.05) is 12.1 Å². The summed E-state index contributed by atoms with van der Waals surface area (Å²) in [6.45, 7) is 10.0. The fourth-order valence-electron chi connectivity index (χ4n) is 4.44. The van der Waals surface area contributed by atoms with E-state index in [2.05, 4.69) is 34.1 Å². The maximum absolute atomic E-state index is 5.97. The number of nitrogens with zero attached hydrogens (tertiary/aromatic N) is 2. The molecule has 0 spiro atoms. The number of ether oxygens (including phenoxy) is 2. The summed E-state index contributed by atoms with van der Waals surface area (Å²) in [6, 6.07) is 9.52. The van der Waals surface area contributed by atoms with E-state index in [1.165, 1.54) is 70.5 Å². The molecule has 1 aromatic rings. The zero-order valence-corrected chi connectivity index (χ0v) is 18.0. The molecule has 0 radical (unpaired) electrons. The molecule has 0 unspecified atom stereocenters. The van der Waals surface area contributed by atoms with Crippen molar-refractivity contribution in [1.29, 1.82) is 0 Å². The van der Waals surface area contributed by atoms with E-state index < -0.39 is 0 Å². The monoisotopic (exact) mass is 401 g/mol. The van der Waals surface area contributed by atoms with Gasteiger partial charge in [0.2, 0.25) is 0 Å². The lowest BCUT2D eigenvalue weighted by Crippen LogP contribution is -2.40. The Bertz CT molecular complexity index is 601. The van der Waals surface area contributed by atoms with Crippen molar-refractivity contribution in [3.8, 4) is 5.75 Å². The minimum absolute atomic E-state index is 0.281. The van der Waals surface area contributed by atoms with E-state index in [4.69, 9.17) is 15.2 Å². The van der Waals surface area contributed by atoms with Gasteiger partial charge in [0.15, 0.2) is 0 Å². The van der Waals surface area contributed by atoms with E-state index in [1.54, 1.807) is 0 Å². The van der Waals surface area contributed by atoms with E-state index in [1.807, 2.05) is 0 Å². The highest BCUT2D eigenvalue weighted by Crippen LogP contribution is 2.37. The zero-order chi connectivity index (χ0) is 19.9. The van der Waals surface area contributed by atoms with Crippen LogP contribution in [0.5, 0.6) is 5.75 Å². The third kappa shape index (κ3) is 6.68. The Morgan fingerprint density at radius 2 is 1.62 bits per heavy atom. The Hall–Kier alpha value is -1.14. The van der Waals surface area contributed by atoms with Crippen LogP contribution in [0.4, 0.5) is 0 Å². The molecule has 0 amide bonds. The van der Waals surface area contributed by atoms with Crippen molar-refractivity contribution in [2.75, 3.05) is 59.1 Å². The number of nitrogens with two attached hydrogens (primary N) is 1. The van der Waals surface area contributed by atoms with Crippen molar-refractivity contribution in [3.05, 3.63) is 29.8 Å². The van der Waals surface area contributed by atoms with Crippen LogP contribution in [0.15, 0.2) is 24.3 Å². The summed E-state index contributed by atoms with van der Waals surface area (Å²) >= 11 is 0. The molecule has 4 fully saturated rings. The van der Waals surface area contributed by atoms with Crippen LogP contribution < -0.4 is 10.5 Å². The summed E-state index contributed by atoms with van der Waals surface area (Å²) in [7, 11) is 0. The molecule has 5 rings (SSSR count). The first-order valence-corrected chi connectivity index (χ1v) is 11.7. The molecule has 3 saturated heterocycles. The molecule has 5 nitrogen and oxygen atoms in total. The van der Waals surface area contributed by atoms with Gasteiger partial charge in [0.1, 0.15) is 5.75 Å². The lowest BCUT2D eigenvalue weighted by atomic mass is 9.74. The highest BCUT2D eigenvalue weighted by molar-refractivity contribution is 5.33. The lowest BCUT2D eigenvalue weighted by Gasteiger charge is -2.38. The van der Waals surface area contributed by atoms with E-state index in [0.29, 0.717) is 6.04 Å². The minimum atomic E-state index is 0.281. The van der Waals surface area contributed by atoms with Crippen LogP contribution >= 0.6 is 0 Å². The second kappa shape index (κ2) is 10.3. The van der Waals surface area contributed by atoms with Gasteiger partial charge >= 0.3 is 0 Å². The van der Waals surface area contributed by atoms with Crippen LogP contribution in [-0.4, -0.2) is 74.9 Å². The van der Waals surface area contributed by atoms with Crippen molar-refractivity contribution in [2.24, 2.45) is 5.73 Å². The van der Waals surface area contributed by atoms with Gasteiger partial charge in [-0.3, -0.25) is 4.90 Å². The fraction of sp³-hybridized carbons (Fsp3) is 0.750. The van der Waals surface area contributed by atoms with Gasteiger partial charge in [0.05, 0.1) is 6.61 Å². The van der Waals surface area contributed by atoms with Gasteiger partial charge in [-0.2, -0.15) is 0 Å². The standard InChI is InChI=1S/C21H32N2O2.C3H7N/c1-2-11-22(10-1)12-3-15-25-20-6-4-19(5-7-20)21(18-23-13-14-23)8-16-24-17-9-21;4-3-1-2-3/h4-7H,1-3,8-18H2;3H,1-2,4H2. The molecule has 1 aliphatic carbocycles. The molecule has 0 bridgehead atoms. The summed E-state index contributed by atoms with van der Waals surface area (Å²) in [5, 5.41) is 0. The largest absolute Gasteiger partial charge is 0.494 e. The second-order valence-corrected chi connectivity index (χ2v) is 9.28. The van der Waals surface area contributed by atoms with Crippen LogP contribution in [0.2, 0.25) is 0 Å². The first kappa shape index (κ1) is 21.1. The van der Waals surface area contributed by atoms with E-state index in [0.717, 1.165) is 44.8 Å². The van der Waals surface area contributed by atoms with Gasteiger partial charge in [-0.15, -0.1) is 0 Å². The Morgan fingerprint density at radius 3 is 2.21 bits per heavy atom. The SMILES string of the molecule is NC1CC1.c1cc(C2(CN3CC3)CCOCC2)ccc1OCCCN1CCCC1. The first-order valence-electron chi connectivity index (χ1n) is 11.7. The average molecular weight is 402 g/mol. The maximum atomic E-state index is 5.97. The number of hydrogen-bond acceptors (Lipinski definition) is 5. The highest BCUT2D eigenvalue weighted by Gasteiger charge is 2.38. The van der Waals surface area contributed by atoms with Crippen LogP contribution in [0.25, 0.3) is 0 Å². The van der Waals surface area contributed by atoms with E-state index in [-0.39, 0.29) is 5.41 Å². The zero-order valence-electron chi connectivity index (χ0n) is 18.0. The van der Waals surface area contributed by atoms with Crippen molar-refractivity contribution in [1.82, 2.24) is 9.80 Å². The Morgan fingerprint density at radius 1 is 0.966 bits per heavy atom. The molecule has 2 N–H and O–H groups in total. The second-order valence-electron chi connectivity index (χ2n) is 9.28. The maximum Gasteiger partial charge on any atom is 0.119 e. The van der Waals surface area contributed by atoms with Crippen molar-refractivity contribution >= 4 is 0 Å². The molecule has 29 heavy (non-hydrogen) atoms. The molecule has 1 saturated carbocycles. The van der Waals surface area contributed by atoms with Gasteiger partial charge < -0.3 is 20.1 Å². The van der Waals surface area contributed by atoms with Gasteiger partial charge in [0, 0.05) is 50.8 Å². The molecule has 3 heterocycles. The molecular formula is C24H39N3O2. The van der Waals surface area contributed by atoms with E-state index >= 15 is 0 Å². The smallest absolute Gasteiger partial charge is 0.119 e. The summed E-state index contributed by atoms with van der Waals surface area (Å²) in [4.78, 5) is 5.10. The van der Waals surface area contributed by atoms with Crippen LogP contribution in [0.1, 0.15) is 50.5 Å². The lowest BCUT2D eigenvalue weighted by molar-refractivity contribution is 0.0448. The van der Waals surface area contributed by atoms with Crippen LogP contribution in [0, 0.1) is 0 Å². The minimum Gasteiger partial charge on any atom is -0.494 e. The predicted octanol–water partition coefficient (Wildman–Crippen LogP) is 3.02. The summed E-state index contributed by atoms with van der Waals surface area (Å²) < 4.78 is 11.6. The predicted molar refractivity (Wildman–Crippen MR) is 118 cm³/mol. The number of benzene rings is 1. The Kier molecular flexibility index (Phi) is 7.46. The topological polar surface area (TPSA) is 50.7 Å². The van der Waals surface area contributed by atoms with Crippen molar-refractivity contribution < 1.29 is 9.47 Å². The molecule has 0 aromatic heterocycles. The normalized spacial score (nSPS) is 24.0. The average Bonchev–Trinajstić information content (AvgIpc) is 3.68. The van der Waals surface area contributed by atoms with E-state index in [9.17, 15) is 0 Å². The molecule has 5 heteroatoms. The molecule has 0 atom stereocenters. The third-order valence-corrected chi connectivity index (χ3v) is 6.69. The summed E-state index contributed by atoms with van der Waals surface area (Å²) in [6.07, 6.45) is 8.66. The van der Waals surface area contributed by atoms with Crippen molar-refractivity contribution in [2.45, 2.75) is 56.4 Å². The van der Waals surface area contributed by atoms with Crippen molar-refractivity contribution in [3.63, 3.8) is 0 Å². The quantitative estimate of drug-likeness (QED) is 0.536. The number of rotatable bonds is 8. The molecule has 4 aliphatic rings. The van der Waals surface area contributed by atoms with Gasteiger partial charge in [0.25, 0.3) is 0 Å². The number of likely N-dealkylation sites (tertiary alicyclic amines) is 1. The third-order valence-electron chi connectivity index (χ3n) is 6.69. The molecule has 162 valence electrons. The van der Waals surface area contributed by atoms with Crippen LogP contribution in [0.3, 0.4) is 0 Å². The first-order chi connectivity index (χ1) is 14.2. The molecule has 1 aromatic carbocycles.